The van der Waals surface area contributed by atoms with E-state index in [1.165, 1.54) is 23.6 Å². The number of hydrogen-bond acceptors (Lipinski definition) is 2. The summed E-state index contributed by atoms with van der Waals surface area (Å²) in [5, 5.41) is 9.12. The van der Waals surface area contributed by atoms with Crippen LogP contribution in [0.5, 0.6) is 0 Å². The number of nitrogens with zero attached hydrogens (tertiary/aromatic N) is 2. The van der Waals surface area contributed by atoms with Crippen LogP contribution >= 0.6 is 0 Å². The Morgan fingerprint density at radius 3 is 2.12 bits per heavy atom. The predicted octanol–water partition coefficient (Wildman–Crippen LogP) is 1.25. The van der Waals surface area contributed by atoms with Gasteiger partial charge in [-0.05, 0) is 27.7 Å². The van der Waals surface area contributed by atoms with E-state index in [4.69, 9.17) is 11.5 Å². The third-order valence-corrected chi connectivity index (χ3v) is 2.68. The second kappa shape index (κ2) is 6.14. The molecule has 2 amide bonds. The number of urea groups is 1. The molecule has 0 aliphatic carbocycles. The minimum Gasteiger partial charge on any atom is -0.480 e. The molecule has 0 aliphatic heterocycles. The Kier molecular flexibility index (Phi) is 5.52. The summed E-state index contributed by atoms with van der Waals surface area (Å²) in [4.78, 5) is 26.0. The maximum Gasteiger partial charge on any atom is 0.329 e. The summed E-state index contributed by atoms with van der Waals surface area (Å²) in [6.45, 7) is 7.50. The van der Waals surface area contributed by atoms with Gasteiger partial charge in [-0.25, -0.2) is 9.59 Å². The molecule has 0 radical (unpaired) electrons. The standard InChI is InChI=1S/C12H20N2O3/c1-6-9-13(7-2)11(17)14(8-3)12(4,5)10(15)16/h1H,7-9H2,2-5H3,(H,15,16). The summed E-state index contributed by atoms with van der Waals surface area (Å²) in [5.41, 5.74) is -1.24. The van der Waals surface area contributed by atoms with Crippen molar-refractivity contribution in [2.75, 3.05) is 19.6 Å². The molecule has 0 fully saturated rings. The molecule has 0 aliphatic rings. The van der Waals surface area contributed by atoms with E-state index in [1.54, 1.807) is 13.8 Å². The normalized spacial score (nSPS) is 10.5. The fourth-order valence-corrected chi connectivity index (χ4v) is 1.48. The summed E-state index contributed by atoms with van der Waals surface area (Å²) in [6, 6.07) is -0.347. The highest BCUT2D eigenvalue weighted by atomic mass is 16.4. The average Bonchev–Trinajstić information content (AvgIpc) is 2.25. The number of terminal acetylenes is 1. The monoisotopic (exact) mass is 240 g/mol. The van der Waals surface area contributed by atoms with Crippen molar-refractivity contribution in [2.45, 2.75) is 33.2 Å². The van der Waals surface area contributed by atoms with Crippen molar-refractivity contribution in [1.82, 2.24) is 9.80 Å². The number of aliphatic carboxylic acids is 1. The first kappa shape index (κ1) is 15.3. The fourth-order valence-electron chi connectivity index (χ4n) is 1.48. The second-order valence-corrected chi connectivity index (χ2v) is 4.11. The van der Waals surface area contributed by atoms with E-state index in [9.17, 15) is 9.59 Å². The van der Waals surface area contributed by atoms with Crippen LogP contribution in [0.25, 0.3) is 0 Å². The molecule has 5 heteroatoms. The van der Waals surface area contributed by atoms with Crippen molar-refractivity contribution in [3.63, 3.8) is 0 Å². The van der Waals surface area contributed by atoms with E-state index in [1.807, 2.05) is 0 Å². The smallest absolute Gasteiger partial charge is 0.329 e. The van der Waals surface area contributed by atoms with E-state index >= 15 is 0 Å². The van der Waals surface area contributed by atoms with Gasteiger partial charge in [-0.15, -0.1) is 6.42 Å². The lowest BCUT2D eigenvalue weighted by Crippen LogP contribution is -2.57. The van der Waals surface area contributed by atoms with Crippen molar-refractivity contribution in [3.05, 3.63) is 0 Å². The third kappa shape index (κ3) is 3.38. The van der Waals surface area contributed by atoms with E-state index in [-0.39, 0.29) is 12.6 Å². The molecule has 0 atom stereocenters. The maximum atomic E-state index is 12.1. The first-order valence-corrected chi connectivity index (χ1v) is 5.56. The molecule has 0 heterocycles. The molecule has 5 nitrogen and oxygen atoms in total. The average molecular weight is 240 g/mol. The van der Waals surface area contributed by atoms with Crippen molar-refractivity contribution in [2.24, 2.45) is 0 Å². The second-order valence-electron chi connectivity index (χ2n) is 4.11. The molecule has 0 saturated heterocycles. The zero-order valence-electron chi connectivity index (χ0n) is 10.9. The van der Waals surface area contributed by atoms with Crippen molar-refractivity contribution < 1.29 is 14.7 Å². The Labute approximate surface area is 102 Å². The molecule has 0 aromatic rings. The Bertz CT molecular complexity index is 331. The van der Waals surface area contributed by atoms with Crippen LogP contribution in [0.4, 0.5) is 4.79 Å². The van der Waals surface area contributed by atoms with Gasteiger partial charge < -0.3 is 14.9 Å². The van der Waals surface area contributed by atoms with E-state index < -0.39 is 11.5 Å². The molecular formula is C12H20N2O3. The van der Waals surface area contributed by atoms with Gasteiger partial charge in [0.25, 0.3) is 0 Å². The Balaban J connectivity index is 5.07. The van der Waals surface area contributed by atoms with E-state index in [0.29, 0.717) is 13.1 Å². The highest BCUT2D eigenvalue weighted by molar-refractivity contribution is 5.85. The minimum absolute atomic E-state index is 0.182. The number of carbonyl (C=O) groups excluding carboxylic acids is 1. The molecule has 1 N–H and O–H groups in total. The van der Waals surface area contributed by atoms with Gasteiger partial charge in [0, 0.05) is 13.1 Å². The third-order valence-electron chi connectivity index (χ3n) is 2.68. The first-order chi connectivity index (χ1) is 7.82. The first-order valence-electron chi connectivity index (χ1n) is 5.56. The molecule has 96 valence electrons. The quantitative estimate of drug-likeness (QED) is 0.736. The number of likely N-dealkylation sites (N-methyl/N-ethyl adjacent to an activating group) is 1. The Morgan fingerprint density at radius 2 is 1.82 bits per heavy atom. The van der Waals surface area contributed by atoms with Crippen LogP contribution in [0.3, 0.4) is 0 Å². The molecule has 0 aromatic carbocycles. The number of hydrogen-bond donors (Lipinski definition) is 1. The fraction of sp³-hybridized carbons (Fsp3) is 0.667. The molecule has 0 spiro atoms. The van der Waals surface area contributed by atoms with Crippen LogP contribution in [-0.2, 0) is 4.79 Å². The van der Waals surface area contributed by atoms with Crippen molar-refractivity contribution in [1.29, 1.82) is 0 Å². The van der Waals surface area contributed by atoms with Gasteiger partial charge in [0.2, 0.25) is 0 Å². The summed E-state index contributed by atoms with van der Waals surface area (Å²) in [7, 11) is 0. The molecule has 0 aromatic heterocycles. The molecule has 0 unspecified atom stereocenters. The van der Waals surface area contributed by atoms with Gasteiger partial charge in [-0.3, -0.25) is 0 Å². The molecule has 0 rings (SSSR count). The SMILES string of the molecule is C#CCN(CC)C(=O)N(CC)C(C)(C)C(=O)O. The summed E-state index contributed by atoms with van der Waals surface area (Å²) < 4.78 is 0. The Hall–Kier alpha value is -1.70. The molecule has 17 heavy (non-hydrogen) atoms. The van der Waals surface area contributed by atoms with E-state index in [2.05, 4.69) is 5.92 Å². The van der Waals surface area contributed by atoms with Gasteiger partial charge in [0.15, 0.2) is 0 Å². The molecule has 0 bridgehead atoms. The highest BCUT2D eigenvalue weighted by Crippen LogP contribution is 2.16. The van der Waals surface area contributed by atoms with Gasteiger partial charge in [-0.2, -0.15) is 0 Å². The highest BCUT2D eigenvalue weighted by Gasteiger charge is 2.38. The maximum absolute atomic E-state index is 12.1. The lowest BCUT2D eigenvalue weighted by molar-refractivity contribution is -0.147. The molecular weight excluding hydrogens is 220 g/mol. The lowest BCUT2D eigenvalue weighted by Gasteiger charge is -2.37. The van der Waals surface area contributed by atoms with Gasteiger partial charge in [-0.1, -0.05) is 5.92 Å². The van der Waals surface area contributed by atoms with Crippen LogP contribution in [0, 0.1) is 12.3 Å². The van der Waals surface area contributed by atoms with Crippen LogP contribution in [0.2, 0.25) is 0 Å². The predicted molar refractivity (Wildman–Crippen MR) is 65.6 cm³/mol. The van der Waals surface area contributed by atoms with Gasteiger partial charge in [0.05, 0.1) is 6.54 Å². The van der Waals surface area contributed by atoms with Crippen molar-refractivity contribution >= 4 is 12.0 Å². The largest absolute Gasteiger partial charge is 0.480 e. The van der Waals surface area contributed by atoms with Crippen LogP contribution in [0.15, 0.2) is 0 Å². The van der Waals surface area contributed by atoms with E-state index in [0.717, 1.165) is 0 Å². The number of rotatable bonds is 5. The summed E-state index contributed by atoms with van der Waals surface area (Å²) in [6.07, 6.45) is 5.17. The Morgan fingerprint density at radius 1 is 1.29 bits per heavy atom. The zero-order chi connectivity index (χ0) is 13.6. The summed E-state index contributed by atoms with van der Waals surface area (Å²) in [5.74, 6) is 1.35. The molecule has 0 saturated carbocycles. The zero-order valence-corrected chi connectivity index (χ0v) is 10.9. The van der Waals surface area contributed by atoms with Gasteiger partial charge in [0.1, 0.15) is 5.54 Å². The topological polar surface area (TPSA) is 60.9 Å². The minimum atomic E-state index is -1.24. The van der Waals surface area contributed by atoms with Gasteiger partial charge >= 0.3 is 12.0 Å². The summed E-state index contributed by atoms with van der Waals surface area (Å²) >= 11 is 0. The van der Waals surface area contributed by atoms with Crippen LogP contribution in [0.1, 0.15) is 27.7 Å². The number of carboxylic acid groups (broad SMARTS) is 1. The van der Waals surface area contributed by atoms with Crippen LogP contribution < -0.4 is 0 Å². The van der Waals surface area contributed by atoms with Crippen molar-refractivity contribution in [3.8, 4) is 12.3 Å². The number of carbonyl (C=O) groups is 2. The number of carboxylic acids is 1. The number of amides is 2. The van der Waals surface area contributed by atoms with Crippen LogP contribution in [-0.4, -0.2) is 52.1 Å². The lowest BCUT2D eigenvalue weighted by atomic mass is 10.0.